The van der Waals surface area contributed by atoms with Crippen LogP contribution in [-0.4, -0.2) is 18.2 Å². The van der Waals surface area contributed by atoms with Gasteiger partial charge in [-0.05, 0) is 38.3 Å². The number of aliphatic hydroxyl groups excluding tert-OH is 1. The number of nitrogens with zero attached hydrogens (tertiary/aromatic N) is 1. The Morgan fingerprint density at radius 2 is 1.94 bits per heavy atom. The Balaban J connectivity index is 2.34. The van der Waals surface area contributed by atoms with Crippen molar-refractivity contribution in [2.24, 2.45) is 0 Å². The van der Waals surface area contributed by atoms with Gasteiger partial charge < -0.3 is 10.0 Å². The predicted molar refractivity (Wildman–Crippen MR) is 63.1 cm³/mol. The van der Waals surface area contributed by atoms with E-state index in [0.29, 0.717) is 5.56 Å². The van der Waals surface area contributed by atoms with Crippen LogP contribution in [0.25, 0.3) is 0 Å². The van der Waals surface area contributed by atoms with Gasteiger partial charge in [0.1, 0.15) is 5.82 Å². The zero-order valence-electron chi connectivity index (χ0n) is 9.62. The van der Waals surface area contributed by atoms with Crippen LogP contribution in [0.5, 0.6) is 0 Å². The summed E-state index contributed by atoms with van der Waals surface area (Å²) in [6.45, 7) is 3.54. The highest BCUT2D eigenvalue weighted by atomic mass is 19.1. The van der Waals surface area contributed by atoms with E-state index in [2.05, 4.69) is 4.90 Å². The van der Waals surface area contributed by atoms with Gasteiger partial charge in [-0.2, -0.15) is 0 Å². The van der Waals surface area contributed by atoms with Crippen LogP contribution in [0.2, 0.25) is 0 Å². The Kier molecular flexibility index (Phi) is 3.44. The maximum Gasteiger partial charge on any atom is 0.131 e. The number of benzene rings is 1. The third-order valence-corrected chi connectivity index (χ3v) is 3.14. The quantitative estimate of drug-likeness (QED) is 0.833. The fourth-order valence-electron chi connectivity index (χ4n) is 2.35. The van der Waals surface area contributed by atoms with E-state index in [1.807, 2.05) is 6.07 Å². The van der Waals surface area contributed by atoms with Crippen molar-refractivity contribution >= 4 is 5.69 Å². The molecule has 1 saturated heterocycles. The van der Waals surface area contributed by atoms with Crippen molar-refractivity contribution in [2.75, 3.05) is 18.0 Å². The van der Waals surface area contributed by atoms with E-state index in [4.69, 9.17) is 0 Å². The topological polar surface area (TPSA) is 23.5 Å². The van der Waals surface area contributed by atoms with Crippen LogP contribution < -0.4 is 4.90 Å². The molecule has 0 radical (unpaired) electrons. The summed E-state index contributed by atoms with van der Waals surface area (Å²) in [5.74, 6) is -0.307. The molecule has 1 atom stereocenters. The third-order valence-electron chi connectivity index (χ3n) is 3.14. The van der Waals surface area contributed by atoms with E-state index in [1.54, 1.807) is 13.0 Å². The van der Waals surface area contributed by atoms with Gasteiger partial charge >= 0.3 is 0 Å². The lowest BCUT2D eigenvalue weighted by atomic mass is 10.0. The van der Waals surface area contributed by atoms with Gasteiger partial charge in [0.15, 0.2) is 0 Å². The number of hydrogen-bond acceptors (Lipinski definition) is 2. The molecule has 0 saturated carbocycles. The Morgan fingerprint density at radius 1 is 1.25 bits per heavy atom. The minimum Gasteiger partial charge on any atom is -0.389 e. The van der Waals surface area contributed by atoms with Crippen LogP contribution in [-0.2, 0) is 0 Å². The molecule has 16 heavy (non-hydrogen) atoms. The molecule has 1 aromatic carbocycles. The number of halogens is 1. The van der Waals surface area contributed by atoms with Crippen molar-refractivity contribution in [3.63, 3.8) is 0 Å². The molecule has 3 heteroatoms. The van der Waals surface area contributed by atoms with E-state index >= 15 is 0 Å². The van der Waals surface area contributed by atoms with Gasteiger partial charge in [0, 0.05) is 24.3 Å². The predicted octanol–water partition coefficient (Wildman–Crippen LogP) is 2.87. The summed E-state index contributed by atoms with van der Waals surface area (Å²) in [5, 5.41) is 9.65. The summed E-state index contributed by atoms with van der Waals surface area (Å²) < 4.78 is 13.7. The standard InChI is InChI=1S/C13H18FNO/c1-10(16)13-11(14)6-5-7-12(13)15-8-3-2-4-9-15/h5-7,10,16H,2-4,8-9H2,1H3/t10-/m0/s1. The second-order valence-corrected chi connectivity index (χ2v) is 4.40. The molecule has 88 valence electrons. The van der Waals surface area contributed by atoms with Gasteiger partial charge in [-0.25, -0.2) is 4.39 Å². The maximum absolute atomic E-state index is 13.7. The van der Waals surface area contributed by atoms with Crippen LogP contribution in [0, 0.1) is 5.82 Å². The zero-order valence-corrected chi connectivity index (χ0v) is 9.62. The van der Waals surface area contributed by atoms with Crippen molar-refractivity contribution < 1.29 is 9.50 Å². The molecule has 2 rings (SSSR count). The van der Waals surface area contributed by atoms with E-state index in [-0.39, 0.29) is 5.82 Å². The third kappa shape index (κ3) is 2.19. The van der Waals surface area contributed by atoms with Crippen molar-refractivity contribution in [3.05, 3.63) is 29.6 Å². The smallest absolute Gasteiger partial charge is 0.131 e. The zero-order chi connectivity index (χ0) is 11.5. The molecule has 0 amide bonds. The highest BCUT2D eigenvalue weighted by molar-refractivity contribution is 5.55. The first-order valence-corrected chi connectivity index (χ1v) is 5.91. The minimum absolute atomic E-state index is 0.307. The van der Waals surface area contributed by atoms with Crippen LogP contribution in [0.1, 0.15) is 37.9 Å². The first-order chi connectivity index (χ1) is 7.70. The van der Waals surface area contributed by atoms with Gasteiger partial charge in [0.2, 0.25) is 0 Å². The summed E-state index contributed by atoms with van der Waals surface area (Å²) in [6, 6.07) is 5.02. The summed E-state index contributed by atoms with van der Waals surface area (Å²) >= 11 is 0. The molecule has 0 bridgehead atoms. The number of aliphatic hydroxyl groups is 1. The molecule has 0 spiro atoms. The monoisotopic (exact) mass is 223 g/mol. The first-order valence-electron chi connectivity index (χ1n) is 5.91. The molecule has 1 aliphatic heterocycles. The maximum atomic E-state index is 13.7. The molecule has 1 N–H and O–H groups in total. The SMILES string of the molecule is C[C@H](O)c1c(F)cccc1N1CCCCC1. The Bertz CT molecular complexity index is 359. The van der Waals surface area contributed by atoms with Crippen LogP contribution in [0.4, 0.5) is 10.1 Å². The Labute approximate surface area is 95.7 Å². The molecular formula is C13H18FNO. The Hall–Kier alpha value is -1.09. The fraction of sp³-hybridized carbons (Fsp3) is 0.538. The largest absolute Gasteiger partial charge is 0.389 e. The van der Waals surface area contributed by atoms with Crippen LogP contribution in [0.3, 0.4) is 0 Å². The van der Waals surface area contributed by atoms with Crippen LogP contribution in [0.15, 0.2) is 18.2 Å². The summed E-state index contributed by atoms with van der Waals surface area (Å²) in [5.41, 5.74) is 1.29. The van der Waals surface area contributed by atoms with E-state index in [1.165, 1.54) is 12.5 Å². The average Bonchev–Trinajstić information content (AvgIpc) is 2.29. The lowest BCUT2D eigenvalue weighted by Gasteiger charge is -2.31. The number of piperidine rings is 1. The van der Waals surface area contributed by atoms with E-state index in [0.717, 1.165) is 31.6 Å². The molecule has 0 aliphatic carbocycles. The number of rotatable bonds is 2. The Morgan fingerprint density at radius 3 is 2.56 bits per heavy atom. The molecule has 1 aliphatic rings. The van der Waals surface area contributed by atoms with Crippen LogP contribution >= 0.6 is 0 Å². The molecule has 0 unspecified atom stereocenters. The molecule has 1 aromatic rings. The fourth-order valence-corrected chi connectivity index (χ4v) is 2.35. The van der Waals surface area contributed by atoms with Gasteiger partial charge in [-0.15, -0.1) is 0 Å². The molecule has 2 nitrogen and oxygen atoms in total. The van der Waals surface area contributed by atoms with Gasteiger partial charge in [-0.1, -0.05) is 6.07 Å². The van der Waals surface area contributed by atoms with Gasteiger partial charge in [0.25, 0.3) is 0 Å². The minimum atomic E-state index is -0.752. The summed E-state index contributed by atoms with van der Waals surface area (Å²) in [4.78, 5) is 2.18. The molecule has 1 fully saturated rings. The summed E-state index contributed by atoms with van der Waals surface area (Å²) in [6.07, 6.45) is 2.79. The number of hydrogen-bond donors (Lipinski definition) is 1. The number of anilines is 1. The molecule has 1 heterocycles. The van der Waals surface area contributed by atoms with Crippen molar-refractivity contribution in [1.82, 2.24) is 0 Å². The molecular weight excluding hydrogens is 205 g/mol. The second kappa shape index (κ2) is 4.83. The molecule has 0 aromatic heterocycles. The van der Waals surface area contributed by atoms with E-state index < -0.39 is 6.10 Å². The van der Waals surface area contributed by atoms with Crippen molar-refractivity contribution in [2.45, 2.75) is 32.3 Å². The summed E-state index contributed by atoms with van der Waals surface area (Å²) in [7, 11) is 0. The van der Waals surface area contributed by atoms with Crippen molar-refractivity contribution in [1.29, 1.82) is 0 Å². The van der Waals surface area contributed by atoms with Gasteiger partial charge in [-0.3, -0.25) is 0 Å². The highest BCUT2D eigenvalue weighted by Gasteiger charge is 2.19. The average molecular weight is 223 g/mol. The van der Waals surface area contributed by atoms with Crippen molar-refractivity contribution in [3.8, 4) is 0 Å². The second-order valence-electron chi connectivity index (χ2n) is 4.40. The lowest BCUT2D eigenvalue weighted by Crippen LogP contribution is -2.30. The highest BCUT2D eigenvalue weighted by Crippen LogP contribution is 2.30. The lowest BCUT2D eigenvalue weighted by molar-refractivity contribution is 0.194. The first kappa shape index (κ1) is 11.4. The normalized spacial score (nSPS) is 18.6. The van der Waals surface area contributed by atoms with Gasteiger partial charge in [0.05, 0.1) is 6.10 Å². The van der Waals surface area contributed by atoms with E-state index in [9.17, 15) is 9.50 Å².